The summed E-state index contributed by atoms with van der Waals surface area (Å²) < 4.78 is 81.7. The van der Waals surface area contributed by atoms with E-state index in [1.165, 1.54) is 23.0 Å². The summed E-state index contributed by atoms with van der Waals surface area (Å²) in [6.07, 6.45) is -0.304. The van der Waals surface area contributed by atoms with E-state index in [1.807, 2.05) is 0 Å². The maximum absolute atomic E-state index is 14.0. The predicted molar refractivity (Wildman–Crippen MR) is 120 cm³/mol. The Balaban J connectivity index is 1.61. The highest BCUT2D eigenvalue weighted by atomic mass is 35.5. The summed E-state index contributed by atoms with van der Waals surface area (Å²) in [5.41, 5.74) is -0.169. The lowest BCUT2D eigenvalue weighted by molar-refractivity contribution is -0.137. The summed E-state index contributed by atoms with van der Waals surface area (Å²) in [4.78, 5) is 12.1. The summed E-state index contributed by atoms with van der Waals surface area (Å²) in [7, 11) is -4.28. The summed E-state index contributed by atoms with van der Waals surface area (Å²) >= 11 is 6.20. The Labute approximate surface area is 204 Å². The smallest absolute Gasteiger partial charge is 0.274 e. The van der Waals surface area contributed by atoms with Crippen molar-refractivity contribution in [3.05, 3.63) is 76.3 Å². The fourth-order valence-corrected chi connectivity index (χ4v) is 5.52. The highest BCUT2D eigenvalue weighted by Gasteiger charge is 2.30. The van der Waals surface area contributed by atoms with Crippen LogP contribution >= 0.6 is 11.6 Å². The minimum Gasteiger partial charge on any atom is -0.274 e. The van der Waals surface area contributed by atoms with Gasteiger partial charge in [0.15, 0.2) is 5.15 Å². The van der Waals surface area contributed by atoms with Crippen molar-refractivity contribution < 1.29 is 30.8 Å². The van der Waals surface area contributed by atoms with Gasteiger partial charge in [0.2, 0.25) is 5.91 Å². The lowest BCUT2D eigenvalue weighted by Crippen LogP contribution is -2.35. The van der Waals surface area contributed by atoms with Crippen molar-refractivity contribution in [2.24, 2.45) is 5.92 Å². The average Bonchev–Trinajstić information content (AvgIpc) is 3.44. The molecule has 0 spiro atoms. The van der Waals surface area contributed by atoms with Gasteiger partial charge in [-0.05, 0) is 60.9 Å². The van der Waals surface area contributed by atoms with Crippen LogP contribution in [0.25, 0.3) is 5.69 Å². The van der Waals surface area contributed by atoms with E-state index < -0.39 is 33.5 Å². The number of hydrogen-bond acceptors (Lipinski definition) is 4. The number of halogens is 5. The molecule has 35 heavy (non-hydrogen) atoms. The molecule has 1 aromatic heterocycles. The number of benzene rings is 2. The van der Waals surface area contributed by atoms with E-state index in [9.17, 15) is 30.8 Å². The second-order valence-corrected chi connectivity index (χ2v) is 10.3. The maximum atomic E-state index is 14.0. The molecule has 0 bridgehead atoms. The number of alkyl halides is 3. The highest BCUT2D eigenvalue weighted by molar-refractivity contribution is 7.90. The molecule has 12 heteroatoms. The summed E-state index contributed by atoms with van der Waals surface area (Å²) in [6.45, 7) is 0. The molecule has 0 radical (unpaired) electrons. The normalized spacial score (nSPS) is 14.9. The van der Waals surface area contributed by atoms with Gasteiger partial charge in [-0.1, -0.05) is 24.4 Å². The standard InChI is InChI=1S/C23H20ClF4N3O3S/c24-21-16(13-31(29-21)19-8-5-17(6-9-19)23(26,27)28)11-15-12-18(25)7-10-20(15)35(33,34)30-22(32)14-3-1-2-4-14/h5-10,12-14H,1-4,11H2,(H,30,32). The van der Waals surface area contributed by atoms with Crippen LogP contribution in [0.5, 0.6) is 0 Å². The van der Waals surface area contributed by atoms with Gasteiger partial charge in [-0.2, -0.15) is 18.3 Å². The van der Waals surface area contributed by atoms with Crippen LogP contribution in [-0.2, 0) is 27.4 Å². The van der Waals surface area contributed by atoms with Gasteiger partial charge in [-0.15, -0.1) is 0 Å². The van der Waals surface area contributed by atoms with E-state index in [2.05, 4.69) is 9.82 Å². The number of amides is 1. The molecule has 1 aliphatic carbocycles. The molecule has 6 nitrogen and oxygen atoms in total. The first kappa shape index (κ1) is 25.2. The van der Waals surface area contributed by atoms with E-state index >= 15 is 0 Å². The number of hydrogen-bond donors (Lipinski definition) is 1. The van der Waals surface area contributed by atoms with Crippen molar-refractivity contribution >= 4 is 27.5 Å². The Morgan fingerprint density at radius 3 is 2.37 bits per heavy atom. The van der Waals surface area contributed by atoms with Crippen LogP contribution in [0, 0.1) is 11.7 Å². The zero-order chi connectivity index (χ0) is 25.4. The second-order valence-electron chi connectivity index (χ2n) is 8.31. The Morgan fingerprint density at radius 1 is 1.09 bits per heavy atom. The Morgan fingerprint density at radius 2 is 1.74 bits per heavy atom. The van der Waals surface area contributed by atoms with Crippen LogP contribution in [0.3, 0.4) is 0 Å². The molecule has 1 aliphatic rings. The van der Waals surface area contributed by atoms with Crippen LogP contribution < -0.4 is 4.72 Å². The summed E-state index contributed by atoms with van der Waals surface area (Å²) in [5.74, 6) is -1.66. The van der Waals surface area contributed by atoms with Crippen molar-refractivity contribution in [1.82, 2.24) is 14.5 Å². The average molecular weight is 530 g/mol. The number of carbonyl (C=O) groups is 1. The van der Waals surface area contributed by atoms with Gasteiger partial charge in [0.05, 0.1) is 16.1 Å². The molecule has 0 atom stereocenters. The molecule has 1 amide bonds. The third-order valence-electron chi connectivity index (χ3n) is 5.85. The minimum atomic E-state index is -4.49. The predicted octanol–water partition coefficient (Wildman–Crippen LogP) is 5.27. The van der Waals surface area contributed by atoms with Gasteiger partial charge in [-0.3, -0.25) is 4.79 Å². The number of nitrogens with one attached hydrogen (secondary N) is 1. The quantitative estimate of drug-likeness (QED) is 0.441. The highest BCUT2D eigenvalue weighted by Crippen LogP contribution is 2.31. The van der Waals surface area contributed by atoms with Crippen LogP contribution in [-0.4, -0.2) is 24.1 Å². The molecular weight excluding hydrogens is 510 g/mol. The van der Waals surface area contributed by atoms with Gasteiger partial charge in [0.1, 0.15) is 5.82 Å². The fraction of sp³-hybridized carbons (Fsp3) is 0.304. The van der Waals surface area contributed by atoms with Crippen LogP contribution in [0.4, 0.5) is 17.6 Å². The van der Waals surface area contributed by atoms with Crippen molar-refractivity contribution in [3.8, 4) is 5.69 Å². The van der Waals surface area contributed by atoms with Crippen LogP contribution in [0.2, 0.25) is 5.15 Å². The van der Waals surface area contributed by atoms with Gasteiger partial charge in [0.25, 0.3) is 10.0 Å². The number of aromatic nitrogens is 2. The van der Waals surface area contributed by atoms with Gasteiger partial charge >= 0.3 is 6.18 Å². The molecule has 4 rings (SSSR count). The number of carbonyl (C=O) groups excluding carboxylic acids is 1. The summed E-state index contributed by atoms with van der Waals surface area (Å²) in [5, 5.41) is 4.04. The molecule has 1 heterocycles. The molecular formula is C23H20ClF4N3O3S. The lowest BCUT2D eigenvalue weighted by Gasteiger charge is -2.14. The molecule has 3 aromatic rings. The van der Waals surface area contributed by atoms with Crippen molar-refractivity contribution in [1.29, 1.82) is 0 Å². The molecule has 1 N–H and O–H groups in total. The van der Waals surface area contributed by atoms with Gasteiger partial charge in [0, 0.05) is 24.1 Å². The Bertz CT molecular complexity index is 1350. The molecule has 1 fully saturated rings. The van der Waals surface area contributed by atoms with Gasteiger partial charge in [-0.25, -0.2) is 22.2 Å². The number of nitrogens with zero attached hydrogens (tertiary/aromatic N) is 2. The zero-order valence-electron chi connectivity index (χ0n) is 18.1. The monoisotopic (exact) mass is 529 g/mol. The van der Waals surface area contributed by atoms with Crippen molar-refractivity contribution in [3.63, 3.8) is 0 Å². The fourth-order valence-electron chi connectivity index (χ4n) is 4.05. The number of rotatable bonds is 6. The number of sulfonamides is 1. The molecule has 0 unspecified atom stereocenters. The van der Waals surface area contributed by atoms with Crippen molar-refractivity contribution in [2.45, 2.75) is 43.2 Å². The van der Waals surface area contributed by atoms with E-state index in [-0.39, 0.29) is 28.0 Å². The summed E-state index contributed by atoms with van der Waals surface area (Å²) in [6, 6.07) is 7.30. The third-order valence-corrected chi connectivity index (χ3v) is 7.62. The van der Waals surface area contributed by atoms with E-state index in [0.29, 0.717) is 24.1 Å². The first-order valence-electron chi connectivity index (χ1n) is 10.7. The largest absolute Gasteiger partial charge is 0.416 e. The Hall–Kier alpha value is -2.92. The van der Waals surface area contributed by atoms with E-state index in [4.69, 9.17) is 11.6 Å². The molecule has 2 aromatic carbocycles. The minimum absolute atomic E-state index is 0.0347. The van der Waals surface area contributed by atoms with Crippen LogP contribution in [0.1, 0.15) is 42.4 Å². The molecule has 1 saturated carbocycles. The van der Waals surface area contributed by atoms with Crippen molar-refractivity contribution in [2.75, 3.05) is 0 Å². The first-order chi connectivity index (χ1) is 16.4. The van der Waals surface area contributed by atoms with Crippen LogP contribution in [0.15, 0.2) is 53.6 Å². The van der Waals surface area contributed by atoms with E-state index in [0.717, 1.165) is 43.2 Å². The molecule has 0 saturated heterocycles. The zero-order valence-corrected chi connectivity index (χ0v) is 19.7. The second kappa shape index (κ2) is 9.62. The SMILES string of the molecule is O=C(NS(=O)(=O)c1ccc(F)cc1Cc1cn(-c2ccc(C(F)(F)F)cc2)nc1Cl)C1CCCC1. The molecule has 0 aliphatic heterocycles. The maximum Gasteiger partial charge on any atom is 0.416 e. The van der Waals surface area contributed by atoms with Gasteiger partial charge < -0.3 is 0 Å². The lowest BCUT2D eigenvalue weighted by atomic mass is 10.1. The Kier molecular flexibility index (Phi) is 6.92. The molecule has 186 valence electrons. The third kappa shape index (κ3) is 5.67. The van der Waals surface area contributed by atoms with E-state index in [1.54, 1.807) is 0 Å². The topological polar surface area (TPSA) is 81.1 Å². The first-order valence-corrected chi connectivity index (χ1v) is 12.6.